The molecule has 0 spiro atoms. The van der Waals surface area contributed by atoms with Crippen LogP contribution in [-0.4, -0.2) is 23.2 Å². The highest BCUT2D eigenvalue weighted by atomic mass is 32.1. The zero-order valence-electron chi connectivity index (χ0n) is 11.0. The van der Waals surface area contributed by atoms with Crippen molar-refractivity contribution < 1.29 is 9.90 Å². The van der Waals surface area contributed by atoms with Crippen LogP contribution in [0.1, 0.15) is 47.8 Å². The first-order valence-electron chi connectivity index (χ1n) is 6.54. The molecule has 0 bridgehead atoms. The van der Waals surface area contributed by atoms with Gasteiger partial charge in [0.2, 0.25) is 0 Å². The zero-order valence-corrected chi connectivity index (χ0v) is 11.8. The third-order valence-corrected chi connectivity index (χ3v) is 4.86. The summed E-state index contributed by atoms with van der Waals surface area (Å²) in [6, 6.07) is 1.95. The van der Waals surface area contributed by atoms with Gasteiger partial charge in [-0.25, -0.2) is 0 Å². The summed E-state index contributed by atoms with van der Waals surface area (Å²) in [7, 11) is 0. The summed E-state index contributed by atoms with van der Waals surface area (Å²) < 4.78 is 0. The Morgan fingerprint density at radius 1 is 1.67 bits per heavy atom. The Hall–Kier alpha value is -0.870. The van der Waals surface area contributed by atoms with Gasteiger partial charge in [-0.05, 0) is 42.7 Å². The van der Waals surface area contributed by atoms with E-state index in [9.17, 15) is 9.90 Å². The summed E-state index contributed by atoms with van der Waals surface area (Å²) in [5, 5.41) is 14.7. The van der Waals surface area contributed by atoms with Gasteiger partial charge in [-0.2, -0.15) is 0 Å². The molecular formula is C14H21NO2S. The maximum atomic E-state index is 12.3. The van der Waals surface area contributed by atoms with Crippen molar-refractivity contribution in [3.8, 4) is 0 Å². The predicted octanol–water partition coefficient (Wildman–Crippen LogP) is 2.73. The van der Waals surface area contributed by atoms with Gasteiger partial charge >= 0.3 is 0 Å². The standard InChI is InChI=1S/C14H21NO2S/c1-10-4-3-6-14(8-10,9-16)15-13(17)12-11(2)5-7-18-12/h5,7,10,16H,3-4,6,8-9H2,1-2H3,(H,15,17). The quantitative estimate of drug-likeness (QED) is 0.884. The van der Waals surface area contributed by atoms with E-state index in [1.165, 1.54) is 17.8 Å². The number of thiophene rings is 1. The number of aliphatic hydroxyl groups excluding tert-OH is 1. The normalized spacial score (nSPS) is 28.1. The molecule has 0 aliphatic heterocycles. The highest BCUT2D eigenvalue weighted by molar-refractivity contribution is 7.12. The monoisotopic (exact) mass is 267 g/mol. The summed E-state index contributed by atoms with van der Waals surface area (Å²) in [4.78, 5) is 13.0. The fraction of sp³-hybridized carbons (Fsp3) is 0.643. The Morgan fingerprint density at radius 3 is 3.00 bits per heavy atom. The molecule has 1 amide bonds. The Balaban J connectivity index is 2.11. The number of carbonyl (C=O) groups excluding carboxylic acids is 1. The first-order valence-corrected chi connectivity index (χ1v) is 7.42. The zero-order chi connectivity index (χ0) is 13.2. The van der Waals surface area contributed by atoms with Crippen molar-refractivity contribution in [1.82, 2.24) is 5.32 Å². The summed E-state index contributed by atoms with van der Waals surface area (Å²) in [5.41, 5.74) is 0.597. The molecule has 1 aromatic heterocycles. The average molecular weight is 267 g/mol. The van der Waals surface area contributed by atoms with Crippen molar-refractivity contribution in [1.29, 1.82) is 0 Å². The minimum atomic E-state index is -0.412. The molecule has 0 saturated heterocycles. The van der Waals surface area contributed by atoms with E-state index in [-0.39, 0.29) is 12.5 Å². The summed E-state index contributed by atoms with van der Waals surface area (Å²) in [6.45, 7) is 4.17. The van der Waals surface area contributed by atoms with E-state index in [0.717, 1.165) is 29.7 Å². The molecule has 1 aliphatic rings. The van der Waals surface area contributed by atoms with Gasteiger partial charge < -0.3 is 10.4 Å². The van der Waals surface area contributed by atoms with Crippen LogP contribution in [0.5, 0.6) is 0 Å². The molecular weight excluding hydrogens is 246 g/mol. The first kappa shape index (κ1) is 13.6. The summed E-state index contributed by atoms with van der Waals surface area (Å²) in [6.07, 6.45) is 4.02. The lowest BCUT2D eigenvalue weighted by molar-refractivity contribution is 0.0700. The fourth-order valence-electron chi connectivity index (χ4n) is 2.86. The maximum absolute atomic E-state index is 12.3. The lowest BCUT2D eigenvalue weighted by atomic mass is 9.77. The van der Waals surface area contributed by atoms with Crippen LogP contribution < -0.4 is 5.32 Å². The SMILES string of the molecule is Cc1ccsc1C(=O)NC1(CO)CCCC(C)C1. The second kappa shape index (κ2) is 5.41. The van der Waals surface area contributed by atoms with Gasteiger partial charge in [-0.15, -0.1) is 11.3 Å². The minimum Gasteiger partial charge on any atom is -0.394 e. The third-order valence-electron chi connectivity index (χ3n) is 3.84. The average Bonchev–Trinajstić information content (AvgIpc) is 2.75. The molecule has 1 aromatic rings. The number of aliphatic hydroxyl groups is 1. The van der Waals surface area contributed by atoms with Crippen LogP contribution in [0.15, 0.2) is 11.4 Å². The number of carbonyl (C=O) groups is 1. The lowest BCUT2D eigenvalue weighted by Gasteiger charge is -2.39. The Morgan fingerprint density at radius 2 is 2.44 bits per heavy atom. The molecule has 2 rings (SSSR count). The highest BCUT2D eigenvalue weighted by Gasteiger charge is 2.36. The van der Waals surface area contributed by atoms with E-state index in [4.69, 9.17) is 0 Å². The van der Waals surface area contributed by atoms with Gasteiger partial charge in [0.25, 0.3) is 5.91 Å². The van der Waals surface area contributed by atoms with Crippen LogP contribution in [-0.2, 0) is 0 Å². The third kappa shape index (κ3) is 2.75. The van der Waals surface area contributed by atoms with Crippen LogP contribution in [0.25, 0.3) is 0 Å². The van der Waals surface area contributed by atoms with Gasteiger partial charge in [0, 0.05) is 0 Å². The Kier molecular flexibility index (Phi) is 4.07. The summed E-state index contributed by atoms with van der Waals surface area (Å²) in [5.74, 6) is 0.529. The second-order valence-electron chi connectivity index (χ2n) is 5.53. The molecule has 0 radical (unpaired) electrons. The number of hydrogen-bond donors (Lipinski definition) is 2. The topological polar surface area (TPSA) is 49.3 Å². The van der Waals surface area contributed by atoms with Crippen LogP contribution in [0, 0.1) is 12.8 Å². The number of rotatable bonds is 3. The van der Waals surface area contributed by atoms with Crippen LogP contribution in [0.4, 0.5) is 0 Å². The fourth-order valence-corrected chi connectivity index (χ4v) is 3.68. The molecule has 1 saturated carbocycles. The van der Waals surface area contributed by atoms with Crippen molar-refractivity contribution in [2.75, 3.05) is 6.61 Å². The number of nitrogens with one attached hydrogen (secondary N) is 1. The molecule has 1 fully saturated rings. The first-order chi connectivity index (χ1) is 8.56. The molecule has 0 aromatic carbocycles. The molecule has 3 nitrogen and oxygen atoms in total. The highest BCUT2D eigenvalue weighted by Crippen LogP contribution is 2.32. The van der Waals surface area contributed by atoms with Crippen molar-refractivity contribution in [2.45, 2.75) is 45.1 Å². The smallest absolute Gasteiger partial charge is 0.262 e. The van der Waals surface area contributed by atoms with Crippen molar-refractivity contribution in [3.05, 3.63) is 21.9 Å². The van der Waals surface area contributed by atoms with E-state index in [1.54, 1.807) is 0 Å². The van der Waals surface area contributed by atoms with E-state index < -0.39 is 5.54 Å². The van der Waals surface area contributed by atoms with E-state index in [2.05, 4.69) is 12.2 Å². The molecule has 1 heterocycles. The largest absolute Gasteiger partial charge is 0.394 e. The molecule has 100 valence electrons. The molecule has 2 N–H and O–H groups in total. The van der Waals surface area contributed by atoms with Crippen molar-refractivity contribution >= 4 is 17.2 Å². The van der Waals surface area contributed by atoms with Gasteiger partial charge in [0.15, 0.2) is 0 Å². The Bertz CT molecular complexity index is 429. The molecule has 18 heavy (non-hydrogen) atoms. The molecule has 4 heteroatoms. The van der Waals surface area contributed by atoms with Gasteiger partial charge in [-0.3, -0.25) is 4.79 Å². The van der Waals surface area contributed by atoms with Gasteiger partial charge in [0.1, 0.15) is 0 Å². The van der Waals surface area contributed by atoms with Crippen molar-refractivity contribution in [3.63, 3.8) is 0 Å². The van der Waals surface area contributed by atoms with E-state index in [0.29, 0.717) is 5.92 Å². The molecule has 1 aliphatic carbocycles. The minimum absolute atomic E-state index is 0.0352. The Labute approximate surface area is 112 Å². The van der Waals surface area contributed by atoms with Gasteiger partial charge in [-0.1, -0.05) is 19.8 Å². The summed E-state index contributed by atoms with van der Waals surface area (Å²) >= 11 is 1.46. The van der Waals surface area contributed by atoms with E-state index >= 15 is 0 Å². The van der Waals surface area contributed by atoms with Crippen LogP contribution >= 0.6 is 11.3 Å². The second-order valence-corrected chi connectivity index (χ2v) is 6.44. The van der Waals surface area contributed by atoms with E-state index in [1.807, 2.05) is 18.4 Å². The predicted molar refractivity (Wildman–Crippen MR) is 74.0 cm³/mol. The van der Waals surface area contributed by atoms with Crippen LogP contribution in [0.3, 0.4) is 0 Å². The van der Waals surface area contributed by atoms with Gasteiger partial charge in [0.05, 0.1) is 17.0 Å². The number of amides is 1. The molecule has 2 unspecified atom stereocenters. The number of hydrogen-bond acceptors (Lipinski definition) is 3. The maximum Gasteiger partial charge on any atom is 0.262 e. The molecule has 2 atom stereocenters. The lowest BCUT2D eigenvalue weighted by Crippen LogP contribution is -2.53. The number of aryl methyl sites for hydroxylation is 1. The van der Waals surface area contributed by atoms with Crippen LogP contribution in [0.2, 0.25) is 0 Å². The van der Waals surface area contributed by atoms with Crippen molar-refractivity contribution in [2.24, 2.45) is 5.92 Å².